The van der Waals surface area contributed by atoms with E-state index in [2.05, 4.69) is 14.8 Å². The molecule has 0 atom stereocenters. The number of halogens is 3. The lowest BCUT2D eigenvalue weighted by Crippen LogP contribution is -2.28. The van der Waals surface area contributed by atoms with Gasteiger partial charge in [0.15, 0.2) is 6.61 Å². The second-order valence-electron chi connectivity index (χ2n) is 6.06. The lowest BCUT2D eigenvalue weighted by molar-refractivity contribution is -0.147. The molecule has 0 saturated carbocycles. The lowest BCUT2D eigenvalue weighted by Gasteiger charge is -2.10. The van der Waals surface area contributed by atoms with Gasteiger partial charge in [0.1, 0.15) is 11.5 Å². The van der Waals surface area contributed by atoms with Crippen LogP contribution in [0.3, 0.4) is 0 Å². The number of carbonyl (C=O) groups is 2. The van der Waals surface area contributed by atoms with Gasteiger partial charge in [-0.05, 0) is 42.5 Å². The van der Waals surface area contributed by atoms with E-state index in [0.717, 1.165) is 6.07 Å². The number of methoxy groups -OCH3 is 1. The van der Waals surface area contributed by atoms with Crippen molar-refractivity contribution in [1.82, 2.24) is 4.72 Å². The lowest BCUT2D eigenvalue weighted by atomic mass is 10.3. The van der Waals surface area contributed by atoms with E-state index in [4.69, 9.17) is 21.1 Å². The van der Waals surface area contributed by atoms with Crippen molar-refractivity contribution < 1.29 is 41.0 Å². The molecule has 0 spiro atoms. The smallest absolute Gasteiger partial charge is 0.387 e. The number of nitrogens with one attached hydrogen (secondary N) is 2. The predicted molar refractivity (Wildman–Crippen MR) is 110 cm³/mol. The number of ether oxygens (including phenoxy) is 3. The number of amides is 1. The summed E-state index contributed by atoms with van der Waals surface area (Å²) >= 11 is 5.78. The van der Waals surface area contributed by atoms with Gasteiger partial charge in [-0.2, -0.15) is 8.78 Å². The Bertz CT molecular complexity index is 1050. The first-order chi connectivity index (χ1) is 15.1. The molecule has 2 N–H and O–H groups in total. The second-order valence-corrected chi connectivity index (χ2v) is 8.23. The number of rotatable bonds is 11. The van der Waals surface area contributed by atoms with Crippen LogP contribution in [0.15, 0.2) is 47.4 Å². The van der Waals surface area contributed by atoms with Crippen LogP contribution in [0.4, 0.5) is 14.5 Å². The van der Waals surface area contributed by atoms with Crippen molar-refractivity contribution in [2.24, 2.45) is 0 Å². The summed E-state index contributed by atoms with van der Waals surface area (Å²) in [6.45, 7) is -3.93. The fourth-order valence-corrected chi connectivity index (χ4v) is 3.57. The standard InChI is InChI=1S/C19H19ClF2N2O7S/c1-29-13-3-5-14(6-4-13)32(27,28)23-9-8-18(26)30-11-17(25)24-12-2-7-16(15(20)10-12)31-19(21)22/h2-7,10,19,23H,8-9,11H2,1H3,(H,24,25). The minimum atomic E-state index is -3.83. The summed E-state index contributed by atoms with van der Waals surface area (Å²) in [6, 6.07) is 9.27. The first-order valence-electron chi connectivity index (χ1n) is 8.94. The Balaban J connectivity index is 1.75. The van der Waals surface area contributed by atoms with E-state index in [0.29, 0.717) is 5.75 Å². The van der Waals surface area contributed by atoms with Crippen molar-refractivity contribution in [2.75, 3.05) is 25.6 Å². The van der Waals surface area contributed by atoms with E-state index >= 15 is 0 Å². The van der Waals surface area contributed by atoms with E-state index in [1.807, 2.05) is 0 Å². The summed E-state index contributed by atoms with van der Waals surface area (Å²) in [5.74, 6) is -1.29. The van der Waals surface area contributed by atoms with Gasteiger partial charge in [0, 0.05) is 12.2 Å². The molecule has 0 unspecified atom stereocenters. The van der Waals surface area contributed by atoms with Gasteiger partial charge in [-0.25, -0.2) is 13.1 Å². The summed E-state index contributed by atoms with van der Waals surface area (Å²) < 4.78 is 64.9. The SMILES string of the molecule is COc1ccc(S(=O)(=O)NCCC(=O)OCC(=O)Nc2ccc(OC(F)F)c(Cl)c2)cc1. The second kappa shape index (κ2) is 11.6. The maximum Gasteiger partial charge on any atom is 0.387 e. The highest BCUT2D eigenvalue weighted by Crippen LogP contribution is 2.28. The third-order valence-corrected chi connectivity index (χ3v) is 5.56. The van der Waals surface area contributed by atoms with E-state index in [1.165, 1.54) is 43.5 Å². The average Bonchev–Trinajstić information content (AvgIpc) is 2.74. The van der Waals surface area contributed by atoms with E-state index in [-0.39, 0.29) is 34.3 Å². The van der Waals surface area contributed by atoms with Crippen LogP contribution >= 0.6 is 11.6 Å². The van der Waals surface area contributed by atoms with Gasteiger partial charge in [0.2, 0.25) is 10.0 Å². The molecule has 0 aromatic heterocycles. The summed E-state index contributed by atoms with van der Waals surface area (Å²) in [5.41, 5.74) is 0.171. The molecule has 0 aliphatic heterocycles. The molecule has 2 aromatic carbocycles. The average molecular weight is 493 g/mol. The number of sulfonamides is 1. The maximum absolute atomic E-state index is 12.2. The van der Waals surface area contributed by atoms with Gasteiger partial charge in [-0.3, -0.25) is 9.59 Å². The number of anilines is 1. The largest absolute Gasteiger partial charge is 0.497 e. The van der Waals surface area contributed by atoms with Crippen LogP contribution in [0.5, 0.6) is 11.5 Å². The highest BCUT2D eigenvalue weighted by atomic mass is 35.5. The number of esters is 1. The van der Waals surface area contributed by atoms with Gasteiger partial charge in [-0.1, -0.05) is 11.6 Å². The van der Waals surface area contributed by atoms with Crippen LogP contribution in [-0.2, 0) is 24.3 Å². The molecule has 0 heterocycles. The molecule has 0 bridgehead atoms. The van der Waals surface area contributed by atoms with Crippen molar-refractivity contribution in [3.63, 3.8) is 0 Å². The molecule has 0 saturated heterocycles. The molecule has 0 radical (unpaired) electrons. The van der Waals surface area contributed by atoms with E-state index < -0.39 is 35.1 Å². The molecule has 0 aliphatic carbocycles. The molecular formula is C19H19ClF2N2O7S. The van der Waals surface area contributed by atoms with Crippen molar-refractivity contribution >= 4 is 39.2 Å². The van der Waals surface area contributed by atoms with Crippen LogP contribution in [0.2, 0.25) is 5.02 Å². The summed E-state index contributed by atoms with van der Waals surface area (Å²) in [7, 11) is -2.38. The first kappa shape index (κ1) is 25.3. The highest BCUT2D eigenvalue weighted by molar-refractivity contribution is 7.89. The van der Waals surface area contributed by atoms with Gasteiger partial charge in [0.25, 0.3) is 5.91 Å². The number of hydrogen-bond donors (Lipinski definition) is 2. The maximum atomic E-state index is 12.2. The van der Waals surface area contributed by atoms with E-state index in [1.54, 1.807) is 0 Å². The third kappa shape index (κ3) is 7.94. The number of carbonyl (C=O) groups excluding carboxylic acids is 2. The Morgan fingerprint density at radius 1 is 1.12 bits per heavy atom. The van der Waals surface area contributed by atoms with Crippen molar-refractivity contribution in [1.29, 1.82) is 0 Å². The Morgan fingerprint density at radius 2 is 1.81 bits per heavy atom. The minimum Gasteiger partial charge on any atom is -0.497 e. The van der Waals surface area contributed by atoms with Gasteiger partial charge in [0.05, 0.1) is 23.4 Å². The topological polar surface area (TPSA) is 120 Å². The molecule has 9 nitrogen and oxygen atoms in total. The molecule has 0 fully saturated rings. The molecule has 174 valence electrons. The van der Waals surface area contributed by atoms with Crippen molar-refractivity contribution in [3.05, 3.63) is 47.5 Å². The number of hydrogen-bond acceptors (Lipinski definition) is 7. The Kier molecular flexibility index (Phi) is 9.17. The number of alkyl halides is 2. The Morgan fingerprint density at radius 3 is 2.41 bits per heavy atom. The molecule has 32 heavy (non-hydrogen) atoms. The monoisotopic (exact) mass is 492 g/mol. The van der Waals surface area contributed by atoms with Crippen LogP contribution in [0.1, 0.15) is 6.42 Å². The zero-order chi connectivity index (χ0) is 23.7. The Hall–Kier alpha value is -2.96. The van der Waals surface area contributed by atoms with Gasteiger partial charge < -0.3 is 19.5 Å². The van der Waals surface area contributed by atoms with Gasteiger partial charge in [-0.15, -0.1) is 0 Å². The van der Waals surface area contributed by atoms with E-state index in [9.17, 15) is 26.8 Å². The third-order valence-electron chi connectivity index (χ3n) is 3.79. The normalized spacial score (nSPS) is 11.2. The number of benzene rings is 2. The van der Waals surface area contributed by atoms with Crippen LogP contribution < -0.4 is 19.5 Å². The van der Waals surface area contributed by atoms with Crippen LogP contribution in [-0.4, -0.2) is 47.2 Å². The summed E-state index contributed by atoms with van der Waals surface area (Å²) in [4.78, 5) is 23.6. The van der Waals surface area contributed by atoms with Crippen LogP contribution in [0, 0.1) is 0 Å². The summed E-state index contributed by atoms with van der Waals surface area (Å²) in [6.07, 6.45) is -0.311. The first-order valence-corrected chi connectivity index (χ1v) is 10.8. The zero-order valence-corrected chi connectivity index (χ0v) is 18.2. The van der Waals surface area contributed by atoms with Gasteiger partial charge >= 0.3 is 12.6 Å². The molecule has 2 rings (SSSR count). The van der Waals surface area contributed by atoms with Crippen molar-refractivity contribution in [2.45, 2.75) is 17.9 Å². The fourth-order valence-electron chi connectivity index (χ4n) is 2.31. The molecule has 1 amide bonds. The quantitative estimate of drug-likeness (QED) is 0.463. The van der Waals surface area contributed by atoms with Crippen LogP contribution in [0.25, 0.3) is 0 Å². The highest BCUT2D eigenvalue weighted by Gasteiger charge is 2.15. The summed E-state index contributed by atoms with van der Waals surface area (Å²) in [5, 5.41) is 2.22. The predicted octanol–water partition coefficient (Wildman–Crippen LogP) is 2.80. The molecular weight excluding hydrogens is 474 g/mol. The molecule has 2 aromatic rings. The van der Waals surface area contributed by atoms with Crippen molar-refractivity contribution in [3.8, 4) is 11.5 Å². The molecule has 0 aliphatic rings. The zero-order valence-electron chi connectivity index (χ0n) is 16.6. The molecule has 13 heteroatoms. The fraction of sp³-hybridized carbons (Fsp3) is 0.263. The minimum absolute atomic E-state index is 0.00493. The Labute approximate surface area is 187 Å².